The van der Waals surface area contributed by atoms with E-state index in [2.05, 4.69) is 0 Å². The molecule has 6 heterocycles. The second-order valence-corrected chi connectivity index (χ2v) is 7.67. The Bertz CT molecular complexity index is 1830. The predicted octanol–water partition coefficient (Wildman–Crippen LogP) is 2.99. The minimum atomic E-state index is 0.685. The molecule has 0 aliphatic rings. The van der Waals surface area contributed by atoms with Crippen LogP contribution in [0.25, 0.3) is 66.6 Å². The third-order valence-corrected chi connectivity index (χ3v) is 5.75. The summed E-state index contributed by atoms with van der Waals surface area (Å²) in [6, 6.07) is 5.87. The first-order valence-corrected chi connectivity index (χ1v) is 9.59. The summed E-state index contributed by atoms with van der Waals surface area (Å²) in [5.74, 6) is 0. The highest BCUT2D eigenvalue weighted by molar-refractivity contribution is 6.20. The van der Waals surface area contributed by atoms with Crippen molar-refractivity contribution in [3.63, 3.8) is 0 Å². The first-order chi connectivity index (χ1) is 14.6. The molecule has 7 aromatic rings. The van der Waals surface area contributed by atoms with Gasteiger partial charge in [-0.3, -0.25) is 0 Å². The fourth-order valence-corrected chi connectivity index (χ4v) is 4.18. The van der Waals surface area contributed by atoms with Gasteiger partial charge < -0.3 is 13.7 Å². The summed E-state index contributed by atoms with van der Waals surface area (Å²) in [6.07, 6.45) is 5.86. The molecule has 0 fully saturated rings. The van der Waals surface area contributed by atoms with Gasteiger partial charge in [-0.2, -0.15) is 0 Å². The Morgan fingerprint density at radius 2 is 0.700 bits per heavy atom. The van der Waals surface area contributed by atoms with Crippen LogP contribution < -0.4 is 0 Å². The van der Waals surface area contributed by atoms with Gasteiger partial charge in [-0.1, -0.05) is 0 Å². The van der Waals surface area contributed by atoms with E-state index in [1.807, 2.05) is 71.6 Å². The predicted molar refractivity (Wildman–Crippen MR) is 115 cm³/mol. The van der Waals surface area contributed by atoms with Crippen molar-refractivity contribution in [3.05, 3.63) is 36.8 Å². The van der Waals surface area contributed by atoms with Gasteiger partial charge in [0.2, 0.25) is 0 Å². The number of fused-ring (bicyclic) bond motifs is 9. The van der Waals surface area contributed by atoms with Crippen LogP contribution in [0.2, 0.25) is 0 Å². The van der Waals surface area contributed by atoms with Crippen molar-refractivity contribution in [2.75, 3.05) is 0 Å². The van der Waals surface area contributed by atoms with Crippen molar-refractivity contribution in [1.82, 2.24) is 43.6 Å². The van der Waals surface area contributed by atoms with E-state index in [0.29, 0.717) is 33.1 Å². The second kappa shape index (κ2) is 5.07. The van der Waals surface area contributed by atoms with Gasteiger partial charge in [0.15, 0.2) is 16.9 Å². The van der Waals surface area contributed by atoms with Gasteiger partial charge in [0.25, 0.3) is 0 Å². The molecule has 144 valence electrons. The first kappa shape index (κ1) is 15.7. The first-order valence-electron chi connectivity index (χ1n) is 9.59. The molecule has 0 aliphatic heterocycles. The van der Waals surface area contributed by atoms with Crippen LogP contribution in [0.15, 0.2) is 36.8 Å². The van der Waals surface area contributed by atoms with Crippen LogP contribution >= 0.6 is 0 Å². The summed E-state index contributed by atoms with van der Waals surface area (Å²) in [7, 11) is 5.88. The third kappa shape index (κ3) is 1.82. The molecule has 0 N–H and O–H groups in total. The minimum Gasteiger partial charge on any atom is -0.334 e. The monoisotopic (exact) mass is 393 g/mol. The summed E-state index contributed by atoms with van der Waals surface area (Å²) in [6.45, 7) is 0. The van der Waals surface area contributed by atoms with Crippen molar-refractivity contribution in [1.29, 1.82) is 0 Å². The van der Waals surface area contributed by atoms with E-state index in [4.69, 9.17) is 29.9 Å². The summed E-state index contributed by atoms with van der Waals surface area (Å²) in [5, 5.41) is 0. The van der Waals surface area contributed by atoms with E-state index in [-0.39, 0.29) is 0 Å². The van der Waals surface area contributed by atoms with Crippen LogP contribution in [0, 0.1) is 0 Å². The molecule has 9 nitrogen and oxygen atoms in total. The van der Waals surface area contributed by atoms with Crippen LogP contribution in [-0.4, -0.2) is 43.6 Å². The molecule has 7 rings (SSSR count). The lowest BCUT2D eigenvalue weighted by atomic mass is 10.2. The molecule has 0 bridgehead atoms. The Labute approximate surface area is 168 Å². The molecule has 0 aliphatic carbocycles. The Morgan fingerprint density at radius 1 is 0.433 bits per heavy atom. The number of nitrogens with zero attached hydrogens (tertiary/aromatic N) is 9. The number of aryl methyl sites for hydroxylation is 3. The van der Waals surface area contributed by atoms with Crippen LogP contribution in [0.3, 0.4) is 0 Å². The molecule has 0 atom stereocenters. The normalized spacial score (nSPS) is 12.5. The topological polar surface area (TPSA) is 92.1 Å². The summed E-state index contributed by atoms with van der Waals surface area (Å²) in [5.41, 5.74) is 8.97. The van der Waals surface area contributed by atoms with Crippen molar-refractivity contribution < 1.29 is 0 Å². The highest BCUT2D eigenvalue weighted by atomic mass is 15.1. The number of hydrogen-bond donors (Lipinski definition) is 0. The van der Waals surface area contributed by atoms with Gasteiger partial charge in [-0.05, 0) is 18.2 Å². The maximum Gasteiger partial charge on any atom is 0.159 e. The molecular formula is C21H15N9. The SMILES string of the molecule is Cn1ccc2nc3c4nc5ccn(C)c5nc4c4nc5c(ccn5C)nc4c3nc21. The summed E-state index contributed by atoms with van der Waals surface area (Å²) >= 11 is 0. The fraction of sp³-hybridized carbons (Fsp3) is 0.143. The number of aromatic nitrogens is 9. The van der Waals surface area contributed by atoms with E-state index in [9.17, 15) is 0 Å². The lowest BCUT2D eigenvalue weighted by molar-refractivity contribution is 0.948. The quantitative estimate of drug-likeness (QED) is 0.368. The van der Waals surface area contributed by atoms with E-state index in [0.717, 1.165) is 33.5 Å². The van der Waals surface area contributed by atoms with Gasteiger partial charge >= 0.3 is 0 Å². The lowest BCUT2D eigenvalue weighted by Crippen LogP contribution is -2.00. The molecule has 0 saturated heterocycles. The molecule has 9 heteroatoms. The average molecular weight is 393 g/mol. The Morgan fingerprint density at radius 3 is 1.00 bits per heavy atom. The summed E-state index contributed by atoms with van der Waals surface area (Å²) in [4.78, 5) is 29.6. The van der Waals surface area contributed by atoms with Crippen LogP contribution in [-0.2, 0) is 21.1 Å². The van der Waals surface area contributed by atoms with Gasteiger partial charge in [0, 0.05) is 39.7 Å². The molecule has 0 spiro atoms. The molecule has 0 unspecified atom stereocenters. The highest BCUT2D eigenvalue weighted by Gasteiger charge is 2.20. The van der Waals surface area contributed by atoms with Crippen molar-refractivity contribution in [2.24, 2.45) is 21.1 Å². The lowest BCUT2D eigenvalue weighted by Gasteiger charge is -2.09. The van der Waals surface area contributed by atoms with Crippen LogP contribution in [0.5, 0.6) is 0 Å². The molecule has 0 radical (unpaired) electrons. The number of benzene rings is 1. The van der Waals surface area contributed by atoms with E-state index in [1.165, 1.54) is 0 Å². The Hall–Kier alpha value is -4.14. The van der Waals surface area contributed by atoms with Crippen molar-refractivity contribution in [2.45, 2.75) is 0 Å². The number of hydrogen-bond acceptors (Lipinski definition) is 6. The number of rotatable bonds is 0. The fourth-order valence-electron chi connectivity index (χ4n) is 4.18. The Kier molecular flexibility index (Phi) is 2.66. The molecule has 30 heavy (non-hydrogen) atoms. The summed E-state index contributed by atoms with van der Waals surface area (Å²) < 4.78 is 5.87. The minimum absolute atomic E-state index is 0.685. The zero-order valence-electron chi connectivity index (χ0n) is 16.5. The molecular weight excluding hydrogens is 378 g/mol. The molecule has 0 amide bonds. The molecule has 6 aromatic heterocycles. The third-order valence-electron chi connectivity index (χ3n) is 5.75. The largest absolute Gasteiger partial charge is 0.334 e. The van der Waals surface area contributed by atoms with Gasteiger partial charge in [0.05, 0.1) is 0 Å². The van der Waals surface area contributed by atoms with E-state index >= 15 is 0 Å². The maximum absolute atomic E-state index is 4.94. The maximum atomic E-state index is 4.94. The van der Waals surface area contributed by atoms with Crippen LogP contribution in [0.1, 0.15) is 0 Å². The zero-order chi connectivity index (χ0) is 20.1. The highest BCUT2D eigenvalue weighted by Crippen LogP contribution is 2.32. The van der Waals surface area contributed by atoms with Crippen molar-refractivity contribution in [3.8, 4) is 0 Å². The van der Waals surface area contributed by atoms with E-state index < -0.39 is 0 Å². The van der Waals surface area contributed by atoms with Gasteiger partial charge in [0.1, 0.15) is 49.7 Å². The van der Waals surface area contributed by atoms with Crippen LogP contribution in [0.4, 0.5) is 0 Å². The average Bonchev–Trinajstić information content (AvgIpc) is 3.43. The Balaban J connectivity index is 1.84. The molecule has 0 saturated carbocycles. The molecule has 1 aromatic carbocycles. The standard InChI is InChI=1S/C21H15N9/c1-28-7-4-10-19(28)25-16-13(22-10)14-17(26-20-11(23-14)5-8-29(20)2)18-15(16)24-12-6-9-30(3)21(12)27-18/h4-9H,1-3H3. The zero-order valence-corrected chi connectivity index (χ0v) is 16.5. The van der Waals surface area contributed by atoms with Crippen molar-refractivity contribution >= 4 is 66.6 Å². The second-order valence-electron chi connectivity index (χ2n) is 7.67. The smallest absolute Gasteiger partial charge is 0.159 e. The van der Waals surface area contributed by atoms with E-state index in [1.54, 1.807) is 0 Å². The van der Waals surface area contributed by atoms with Gasteiger partial charge in [-0.25, -0.2) is 29.9 Å². The van der Waals surface area contributed by atoms with Gasteiger partial charge in [-0.15, -0.1) is 0 Å².